The van der Waals surface area contributed by atoms with Crippen LogP contribution in [0.1, 0.15) is 20.7 Å². The maximum atomic E-state index is 11.4. The minimum absolute atomic E-state index is 0.138. The molecule has 6 nitrogen and oxygen atoms in total. The van der Waals surface area contributed by atoms with Gasteiger partial charge in [-0.1, -0.05) is 0 Å². The second kappa shape index (κ2) is 7.36. The van der Waals surface area contributed by atoms with E-state index in [0.29, 0.717) is 18.7 Å². The molecule has 0 heterocycles. The molecule has 2 rings (SSSR count). The van der Waals surface area contributed by atoms with Crippen molar-refractivity contribution in [2.75, 3.05) is 14.2 Å². The SMILES string of the molecule is COc1ccc([Te]c2ccc(OC)cc2C(=O)O)c(C(=O)O)c1. The first-order valence-corrected chi connectivity index (χ1v) is 8.79. The molecule has 0 aliphatic rings. The molecule has 0 radical (unpaired) electrons. The summed E-state index contributed by atoms with van der Waals surface area (Å²) in [6, 6.07) is 9.62. The molecule has 2 aromatic carbocycles. The number of carboxylic acids is 2. The number of rotatable bonds is 6. The van der Waals surface area contributed by atoms with Gasteiger partial charge in [0, 0.05) is 0 Å². The molecule has 2 N–H and O–H groups in total. The van der Waals surface area contributed by atoms with E-state index >= 15 is 0 Å². The Kier molecular flexibility index (Phi) is 5.48. The first-order chi connectivity index (χ1) is 11.0. The van der Waals surface area contributed by atoms with E-state index in [1.54, 1.807) is 24.3 Å². The molecule has 0 aliphatic carbocycles. The second-order valence-electron chi connectivity index (χ2n) is 4.44. The molecule has 0 aliphatic heterocycles. The van der Waals surface area contributed by atoms with Crippen LogP contribution in [0.15, 0.2) is 36.4 Å². The summed E-state index contributed by atoms with van der Waals surface area (Å²) in [6.45, 7) is 0. The topological polar surface area (TPSA) is 93.1 Å². The predicted octanol–water partition coefficient (Wildman–Crippen LogP) is 0.755. The summed E-state index contributed by atoms with van der Waals surface area (Å²) in [6.07, 6.45) is 0. The van der Waals surface area contributed by atoms with Gasteiger partial charge in [-0.05, 0) is 0 Å². The summed E-state index contributed by atoms with van der Waals surface area (Å²) in [5, 5.41) is 18.7. The van der Waals surface area contributed by atoms with Crippen LogP contribution in [0, 0.1) is 0 Å². The van der Waals surface area contributed by atoms with Crippen molar-refractivity contribution < 1.29 is 29.3 Å². The summed E-state index contributed by atoms with van der Waals surface area (Å²) >= 11 is -1.20. The summed E-state index contributed by atoms with van der Waals surface area (Å²) in [4.78, 5) is 22.9. The number of ether oxygens (including phenoxy) is 2. The Morgan fingerprint density at radius 1 is 0.826 bits per heavy atom. The fourth-order valence-electron chi connectivity index (χ4n) is 1.90. The minimum atomic E-state index is -1.20. The number of carbonyl (C=O) groups is 2. The van der Waals surface area contributed by atoms with E-state index in [2.05, 4.69) is 0 Å². The second-order valence-corrected chi connectivity index (χ2v) is 7.53. The van der Waals surface area contributed by atoms with Gasteiger partial charge in [-0.2, -0.15) is 0 Å². The molecule has 0 atom stereocenters. The van der Waals surface area contributed by atoms with Gasteiger partial charge in [0.2, 0.25) is 0 Å². The van der Waals surface area contributed by atoms with Gasteiger partial charge in [-0.25, -0.2) is 0 Å². The van der Waals surface area contributed by atoms with Gasteiger partial charge in [-0.3, -0.25) is 0 Å². The number of hydrogen-bond donors (Lipinski definition) is 2. The van der Waals surface area contributed by atoms with Crippen molar-refractivity contribution in [3.05, 3.63) is 47.5 Å². The average molecular weight is 430 g/mol. The van der Waals surface area contributed by atoms with Crippen molar-refractivity contribution in [2.24, 2.45) is 0 Å². The molecule has 0 aromatic heterocycles. The van der Waals surface area contributed by atoms with Gasteiger partial charge in [0.25, 0.3) is 0 Å². The van der Waals surface area contributed by atoms with E-state index in [-0.39, 0.29) is 11.1 Å². The maximum absolute atomic E-state index is 11.4. The fourth-order valence-corrected chi connectivity index (χ4v) is 4.82. The normalized spacial score (nSPS) is 10.2. The first-order valence-electron chi connectivity index (χ1n) is 6.46. The third-order valence-corrected chi connectivity index (χ3v) is 6.34. The van der Waals surface area contributed by atoms with Crippen LogP contribution in [0.5, 0.6) is 11.5 Å². The summed E-state index contributed by atoms with van der Waals surface area (Å²) in [5.74, 6) is -1.22. The van der Waals surface area contributed by atoms with Crippen LogP contribution in [0.4, 0.5) is 0 Å². The fraction of sp³-hybridized carbons (Fsp3) is 0.125. The zero-order chi connectivity index (χ0) is 17.0. The molecule has 0 saturated heterocycles. The molecule has 0 amide bonds. The number of benzene rings is 2. The molecular formula is C16H14O6Te. The van der Waals surface area contributed by atoms with E-state index in [0.717, 1.165) is 0 Å². The third-order valence-electron chi connectivity index (χ3n) is 3.05. The van der Waals surface area contributed by atoms with Crippen LogP contribution >= 0.6 is 0 Å². The van der Waals surface area contributed by atoms with Crippen LogP contribution in [0.3, 0.4) is 0 Å². The molecule has 0 saturated carbocycles. The van der Waals surface area contributed by atoms with E-state index in [4.69, 9.17) is 9.47 Å². The van der Waals surface area contributed by atoms with Gasteiger partial charge >= 0.3 is 143 Å². The quantitative estimate of drug-likeness (QED) is 0.658. The standard InChI is InChI=1S/C16H14O6Te/c1-21-9-3-5-13(11(7-9)15(17)18)23-14-6-4-10(22-2)8-12(14)16(19)20/h3-8H,1-2H3,(H,17,18)(H,19,20). The summed E-state index contributed by atoms with van der Waals surface area (Å²) in [7, 11) is 2.92. The zero-order valence-electron chi connectivity index (χ0n) is 12.4. The zero-order valence-corrected chi connectivity index (χ0v) is 14.7. The Labute approximate surface area is 142 Å². The Morgan fingerprint density at radius 3 is 1.52 bits per heavy atom. The molecule has 7 heteroatoms. The van der Waals surface area contributed by atoms with Crippen LogP contribution in [0.2, 0.25) is 0 Å². The Hall–Kier alpha value is -2.23. The predicted molar refractivity (Wildman–Crippen MR) is 84.9 cm³/mol. The number of aromatic carboxylic acids is 2. The van der Waals surface area contributed by atoms with Gasteiger partial charge in [0.15, 0.2) is 0 Å². The molecule has 23 heavy (non-hydrogen) atoms. The van der Waals surface area contributed by atoms with Crippen LogP contribution < -0.4 is 16.7 Å². The third kappa shape index (κ3) is 3.95. The van der Waals surface area contributed by atoms with Gasteiger partial charge in [0.05, 0.1) is 0 Å². The van der Waals surface area contributed by atoms with E-state index < -0.39 is 32.9 Å². The van der Waals surface area contributed by atoms with E-state index in [9.17, 15) is 19.8 Å². The number of carboxylic acid groups (broad SMARTS) is 2. The van der Waals surface area contributed by atoms with Crippen molar-refractivity contribution in [2.45, 2.75) is 0 Å². The molecule has 2 aromatic rings. The van der Waals surface area contributed by atoms with Crippen LogP contribution in [-0.4, -0.2) is 57.3 Å². The van der Waals surface area contributed by atoms with Crippen molar-refractivity contribution in [3.8, 4) is 11.5 Å². The van der Waals surface area contributed by atoms with Gasteiger partial charge < -0.3 is 0 Å². The van der Waals surface area contributed by atoms with E-state index in [1.165, 1.54) is 26.4 Å². The Bertz CT molecular complexity index is 693. The Morgan fingerprint density at radius 2 is 1.22 bits per heavy atom. The monoisotopic (exact) mass is 432 g/mol. The molecule has 120 valence electrons. The first kappa shape index (κ1) is 17.1. The number of methoxy groups -OCH3 is 2. The molecule has 0 spiro atoms. The number of hydrogen-bond acceptors (Lipinski definition) is 4. The van der Waals surface area contributed by atoms with Crippen molar-refractivity contribution in [1.82, 2.24) is 0 Å². The average Bonchev–Trinajstić information content (AvgIpc) is 2.55. The van der Waals surface area contributed by atoms with Gasteiger partial charge in [-0.15, -0.1) is 0 Å². The Balaban J connectivity index is 2.47. The van der Waals surface area contributed by atoms with Gasteiger partial charge in [0.1, 0.15) is 0 Å². The van der Waals surface area contributed by atoms with Crippen molar-refractivity contribution >= 4 is 40.1 Å². The van der Waals surface area contributed by atoms with Crippen molar-refractivity contribution in [3.63, 3.8) is 0 Å². The molecule has 0 bridgehead atoms. The van der Waals surface area contributed by atoms with Crippen LogP contribution in [0.25, 0.3) is 0 Å². The van der Waals surface area contributed by atoms with Crippen molar-refractivity contribution in [1.29, 1.82) is 0 Å². The summed E-state index contributed by atoms with van der Waals surface area (Å²) in [5.41, 5.74) is 0.276. The van der Waals surface area contributed by atoms with Crippen LogP contribution in [-0.2, 0) is 0 Å². The van der Waals surface area contributed by atoms with E-state index in [1.807, 2.05) is 0 Å². The summed E-state index contributed by atoms with van der Waals surface area (Å²) < 4.78 is 11.4. The molecule has 0 unspecified atom stereocenters. The molecule has 0 fully saturated rings. The molecular weight excluding hydrogens is 416 g/mol.